The van der Waals surface area contributed by atoms with Crippen molar-refractivity contribution in [3.63, 3.8) is 0 Å². The summed E-state index contributed by atoms with van der Waals surface area (Å²) in [5, 5.41) is 3.56. The van der Waals surface area contributed by atoms with E-state index < -0.39 is 36.5 Å². The van der Waals surface area contributed by atoms with E-state index in [4.69, 9.17) is 19.7 Å². The molecule has 1 aliphatic rings. The summed E-state index contributed by atoms with van der Waals surface area (Å²) in [4.78, 5) is 24.5. The van der Waals surface area contributed by atoms with Gasteiger partial charge in [-0.05, 0) is 12.5 Å². The van der Waals surface area contributed by atoms with E-state index in [9.17, 15) is 9.59 Å². The van der Waals surface area contributed by atoms with Crippen LogP contribution in [0, 0.1) is 0 Å². The van der Waals surface area contributed by atoms with Crippen LogP contribution in [-0.2, 0) is 23.8 Å². The van der Waals surface area contributed by atoms with Crippen LogP contribution in [0.15, 0.2) is 5.11 Å². The minimum Gasteiger partial charge on any atom is -0.459 e. The molecule has 0 saturated carbocycles. The Morgan fingerprint density at radius 3 is 2.44 bits per heavy atom. The number of hydrogen-bond acceptors (Lipinski definition) is 6. The molecule has 8 heteroatoms. The summed E-state index contributed by atoms with van der Waals surface area (Å²) in [6, 6.07) is -0.619. The van der Waals surface area contributed by atoms with Gasteiger partial charge in [0.05, 0.1) is 12.1 Å². The van der Waals surface area contributed by atoms with Crippen molar-refractivity contribution in [2.75, 3.05) is 0 Å². The molecule has 0 spiro atoms. The molecule has 0 aromatic carbocycles. The third-order valence-corrected chi connectivity index (χ3v) is 2.44. The van der Waals surface area contributed by atoms with Crippen LogP contribution in [0.1, 0.15) is 27.2 Å². The molecule has 0 aliphatic carbocycles. The Morgan fingerprint density at radius 2 is 1.94 bits per heavy atom. The van der Waals surface area contributed by atoms with Gasteiger partial charge in [-0.3, -0.25) is 9.59 Å². The van der Waals surface area contributed by atoms with E-state index in [0.717, 1.165) is 0 Å². The van der Waals surface area contributed by atoms with Gasteiger partial charge in [0.1, 0.15) is 6.10 Å². The summed E-state index contributed by atoms with van der Waals surface area (Å²) in [6.07, 6.45) is -1.83. The Bertz CT molecular complexity index is 380. The minimum absolute atomic E-state index is 0.159. The lowest BCUT2D eigenvalue weighted by molar-refractivity contribution is -0.226. The maximum absolute atomic E-state index is 11.0. The standard InChI is InChI=1S/C10H15N3O5/c1-5-10(18-7(3)15)8(12-13-11)4-9(16-5)17-6(2)14/h5,8-10H,4H2,1-3H3. The fourth-order valence-corrected chi connectivity index (χ4v) is 1.82. The second-order valence-electron chi connectivity index (χ2n) is 3.96. The molecule has 1 aliphatic heterocycles. The normalized spacial score (nSPS) is 31.1. The highest BCUT2D eigenvalue weighted by molar-refractivity contribution is 5.66. The molecule has 1 saturated heterocycles. The lowest BCUT2D eigenvalue weighted by Crippen LogP contribution is -2.49. The molecule has 0 aromatic rings. The Balaban J connectivity index is 2.78. The third-order valence-electron chi connectivity index (χ3n) is 2.44. The highest BCUT2D eigenvalue weighted by Gasteiger charge is 2.39. The van der Waals surface area contributed by atoms with Crippen molar-refractivity contribution in [3.8, 4) is 0 Å². The molecule has 1 heterocycles. The Labute approximate surface area is 104 Å². The monoisotopic (exact) mass is 257 g/mol. The van der Waals surface area contributed by atoms with Crippen molar-refractivity contribution in [2.24, 2.45) is 5.11 Å². The van der Waals surface area contributed by atoms with Crippen molar-refractivity contribution >= 4 is 11.9 Å². The zero-order valence-electron chi connectivity index (χ0n) is 10.4. The van der Waals surface area contributed by atoms with Gasteiger partial charge in [-0.15, -0.1) is 0 Å². The fourth-order valence-electron chi connectivity index (χ4n) is 1.82. The number of hydrogen-bond donors (Lipinski definition) is 0. The van der Waals surface area contributed by atoms with Gasteiger partial charge >= 0.3 is 11.9 Å². The number of azide groups is 1. The van der Waals surface area contributed by atoms with Crippen LogP contribution < -0.4 is 0 Å². The summed E-state index contributed by atoms with van der Waals surface area (Å²) >= 11 is 0. The van der Waals surface area contributed by atoms with Gasteiger partial charge in [0, 0.05) is 25.2 Å². The van der Waals surface area contributed by atoms with Gasteiger partial charge in [-0.1, -0.05) is 5.11 Å². The van der Waals surface area contributed by atoms with Crippen LogP contribution in [-0.4, -0.2) is 36.5 Å². The van der Waals surface area contributed by atoms with E-state index in [1.54, 1.807) is 6.92 Å². The topological polar surface area (TPSA) is 111 Å². The molecule has 0 bridgehead atoms. The molecule has 1 fully saturated rings. The first-order valence-electron chi connectivity index (χ1n) is 5.48. The number of carbonyl (C=O) groups excluding carboxylic acids is 2. The average Bonchev–Trinajstić information content (AvgIpc) is 2.22. The SMILES string of the molecule is CC(=O)OC1CC(N=[N+]=[N-])C(OC(C)=O)C(C)O1. The number of rotatable bonds is 3. The van der Waals surface area contributed by atoms with Crippen molar-refractivity contribution < 1.29 is 23.8 Å². The summed E-state index contributed by atoms with van der Waals surface area (Å²) in [5.41, 5.74) is 8.49. The average molecular weight is 257 g/mol. The van der Waals surface area contributed by atoms with E-state index >= 15 is 0 Å². The first kappa shape index (κ1) is 14.3. The maximum Gasteiger partial charge on any atom is 0.304 e. The first-order valence-corrected chi connectivity index (χ1v) is 5.48. The molecule has 18 heavy (non-hydrogen) atoms. The number of carbonyl (C=O) groups is 2. The van der Waals surface area contributed by atoms with Crippen LogP contribution in [0.25, 0.3) is 10.4 Å². The molecular formula is C10H15N3O5. The minimum atomic E-state index is -0.792. The van der Waals surface area contributed by atoms with Crippen LogP contribution in [0.2, 0.25) is 0 Å². The Hall–Kier alpha value is -1.79. The van der Waals surface area contributed by atoms with E-state index in [0.29, 0.717) is 0 Å². The lowest BCUT2D eigenvalue weighted by Gasteiger charge is -2.37. The van der Waals surface area contributed by atoms with E-state index in [1.165, 1.54) is 13.8 Å². The fraction of sp³-hybridized carbons (Fsp3) is 0.800. The highest BCUT2D eigenvalue weighted by atomic mass is 16.7. The molecule has 100 valence electrons. The van der Waals surface area contributed by atoms with Crippen molar-refractivity contribution in [3.05, 3.63) is 10.4 Å². The predicted molar refractivity (Wildman–Crippen MR) is 59.2 cm³/mol. The number of ether oxygens (including phenoxy) is 3. The molecule has 0 amide bonds. The van der Waals surface area contributed by atoms with Crippen LogP contribution in [0.3, 0.4) is 0 Å². The Morgan fingerprint density at radius 1 is 1.33 bits per heavy atom. The van der Waals surface area contributed by atoms with E-state index in [-0.39, 0.29) is 6.42 Å². The largest absolute Gasteiger partial charge is 0.459 e. The smallest absolute Gasteiger partial charge is 0.304 e. The highest BCUT2D eigenvalue weighted by Crippen LogP contribution is 2.26. The molecule has 0 N–H and O–H groups in total. The second-order valence-corrected chi connectivity index (χ2v) is 3.96. The van der Waals surface area contributed by atoms with Crippen molar-refractivity contribution in [1.29, 1.82) is 0 Å². The van der Waals surface area contributed by atoms with Crippen LogP contribution in [0.5, 0.6) is 0 Å². The predicted octanol–water partition coefficient (Wildman–Crippen LogP) is 1.29. The van der Waals surface area contributed by atoms with Crippen molar-refractivity contribution in [2.45, 2.75) is 51.7 Å². The third kappa shape index (κ3) is 3.90. The number of esters is 2. The first-order chi connectivity index (χ1) is 8.43. The van der Waals surface area contributed by atoms with Gasteiger partial charge in [-0.2, -0.15) is 0 Å². The van der Waals surface area contributed by atoms with Gasteiger partial charge < -0.3 is 14.2 Å². The van der Waals surface area contributed by atoms with E-state index in [2.05, 4.69) is 10.0 Å². The van der Waals surface area contributed by atoms with Gasteiger partial charge in [0.25, 0.3) is 0 Å². The molecule has 1 rings (SSSR count). The quantitative estimate of drug-likeness (QED) is 0.327. The Kier molecular flexibility index (Phi) is 4.94. The van der Waals surface area contributed by atoms with Crippen molar-refractivity contribution in [1.82, 2.24) is 0 Å². The van der Waals surface area contributed by atoms with Crippen LogP contribution >= 0.6 is 0 Å². The zero-order valence-corrected chi connectivity index (χ0v) is 10.4. The van der Waals surface area contributed by atoms with Crippen LogP contribution in [0.4, 0.5) is 0 Å². The van der Waals surface area contributed by atoms with E-state index in [1.807, 2.05) is 0 Å². The maximum atomic E-state index is 11.0. The second kappa shape index (κ2) is 6.23. The van der Waals surface area contributed by atoms with Gasteiger partial charge in [-0.25, -0.2) is 0 Å². The molecular weight excluding hydrogens is 242 g/mol. The van der Waals surface area contributed by atoms with Gasteiger partial charge in [0.2, 0.25) is 6.29 Å². The molecule has 0 aromatic heterocycles. The lowest BCUT2D eigenvalue weighted by atomic mass is 10.0. The summed E-state index contributed by atoms with van der Waals surface area (Å²) in [7, 11) is 0. The van der Waals surface area contributed by atoms with Gasteiger partial charge in [0.15, 0.2) is 0 Å². The summed E-state index contributed by atoms with van der Waals surface area (Å²) in [6.45, 7) is 4.18. The molecule has 4 atom stereocenters. The molecule has 4 unspecified atom stereocenters. The summed E-state index contributed by atoms with van der Waals surface area (Å²) in [5.74, 6) is -0.975. The molecule has 0 radical (unpaired) electrons. The zero-order chi connectivity index (χ0) is 13.7. The summed E-state index contributed by atoms with van der Waals surface area (Å²) < 4.78 is 15.3. The number of nitrogens with zero attached hydrogens (tertiary/aromatic N) is 3. The molecule has 8 nitrogen and oxygen atoms in total.